The molecule has 6 nitrogen and oxygen atoms in total. The molecule has 0 bridgehead atoms. The average Bonchev–Trinajstić information content (AvgIpc) is 2.70. The lowest BCUT2D eigenvalue weighted by molar-refractivity contribution is 0.214. The number of ether oxygens (including phenoxy) is 1. The standard InChI is InChI=1S/C21H29N5O/c1-5-17(13-26(4)15(2)3)18-11-19-20(24-10-9-23-19)21(25-18)27-14-16-7-6-8-22-12-16/h5,9-11,13,15-16,22H,1,6-8,12,14H2,2-4H3. The van der Waals surface area contributed by atoms with Gasteiger partial charge in [0.2, 0.25) is 5.88 Å². The zero-order valence-corrected chi connectivity index (χ0v) is 16.5. The molecule has 27 heavy (non-hydrogen) atoms. The summed E-state index contributed by atoms with van der Waals surface area (Å²) < 4.78 is 6.12. The van der Waals surface area contributed by atoms with E-state index in [-0.39, 0.29) is 0 Å². The number of aromatic nitrogens is 3. The summed E-state index contributed by atoms with van der Waals surface area (Å²) in [6.45, 7) is 11.0. The first-order chi connectivity index (χ1) is 13.1. The maximum absolute atomic E-state index is 6.12. The maximum Gasteiger partial charge on any atom is 0.242 e. The van der Waals surface area contributed by atoms with Crippen molar-refractivity contribution in [2.75, 3.05) is 26.7 Å². The Hall–Kier alpha value is -2.47. The van der Waals surface area contributed by atoms with Crippen LogP contribution in [0.15, 0.2) is 37.3 Å². The Morgan fingerprint density at radius 1 is 1.41 bits per heavy atom. The predicted molar refractivity (Wildman–Crippen MR) is 109 cm³/mol. The first-order valence-corrected chi connectivity index (χ1v) is 9.60. The highest BCUT2D eigenvalue weighted by atomic mass is 16.5. The van der Waals surface area contributed by atoms with Crippen LogP contribution in [0, 0.1) is 5.92 Å². The van der Waals surface area contributed by atoms with Gasteiger partial charge >= 0.3 is 0 Å². The third-order valence-corrected chi connectivity index (χ3v) is 4.95. The summed E-state index contributed by atoms with van der Waals surface area (Å²) >= 11 is 0. The molecule has 3 heterocycles. The maximum atomic E-state index is 6.12. The van der Waals surface area contributed by atoms with Gasteiger partial charge in [-0.25, -0.2) is 9.97 Å². The molecule has 1 saturated heterocycles. The Kier molecular flexibility index (Phi) is 6.40. The number of pyridine rings is 1. The Bertz CT molecular complexity index is 811. The van der Waals surface area contributed by atoms with Crippen molar-refractivity contribution in [1.29, 1.82) is 0 Å². The van der Waals surface area contributed by atoms with E-state index >= 15 is 0 Å². The van der Waals surface area contributed by atoms with Gasteiger partial charge in [-0.05, 0) is 39.3 Å². The van der Waals surface area contributed by atoms with Crippen LogP contribution in [0.25, 0.3) is 16.6 Å². The van der Waals surface area contributed by atoms with Crippen molar-refractivity contribution in [3.8, 4) is 5.88 Å². The summed E-state index contributed by atoms with van der Waals surface area (Å²) in [6.07, 6.45) is 9.60. The van der Waals surface area contributed by atoms with Gasteiger partial charge in [0, 0.05) is 49.7 Å². The van der Waals surface area contributed by atoms with E-state index in [0.29, 0.717) is 30.0 Å². The summed E-state index contributed by atoms with van der Waals surface area (Å²) in [5.74, 6) is 1.04. The van der Waals surface area contributed by atoms with Gasteiger partial charge in [-0.15, -0.1) is 0 Å². The minimum Gasteiger partial charge on any atom is -0.476 e. The molecule has 2 aromatic heterocycles. The van der Waals surface area contributed by atoms with E-state index in [0.717, 1.165) is 29.9 Å². The first kappa shape index (κ1) is 19.3. The van der Waals surface area contributed by atoms with Crippen LogP contribution in [-0.2, 0) is 0 Å². The third-order valence-electron chi connectivity index (χ3n) is 4.95. The van der Waals surface area contributed by atoms with Crippen molar-refractivity contribution in [3.05, 3.63) is 43.0 Å². The van der Waals surface area contributed by atoms with Gasteiger partial charge in [-0.3, -0.25) is 4.98 Å². The normalized spacial score (nSPS) is 17.9. The summed E-state index contributed by atoms with van der Waals surface area (Å²) in [5, 5.41) is 3.42. The van der Waals surface area contributed by atoms with Gasteiger partial charge in [0.1, 0.15) is 0 Å². The Labute approximate surface area is 161 Å². The van der Waals surface area contributed by atoms with E-state index in [1.165, 1.54) is 12.8 Å². The van der Waals surface area contributed by atoms with Gasteiger partial charge in [-0.1, -0.05) is 12.7 Å². The molecule has 2 aromatic rings. The number of piperidine rings is 1. The Balaban J connectivity index is 1.93. The van der Waals surface area contributed by atoms with Crippen LogP contribution >= 0.6 is 0 Å². The van der Waals surface area contributed by atoms with Crippen molar-refractivity contribution >= 4 is 16.6 Å². The third kappa shape index (κ3) is 4.83. The van der Waals surface area contributed by atoms with Gasteiger partial charge in [0.05, 0.1) is 17.8 Å². The molecule has 0 radical (unpaired) electrons. The van der Waals surface area contributed by atoms with Gasteiger partial charge in [0.15, 0.2) is 5.52 Å². The van der Waals surface area contributed by atoms with Crippen molar-refractivity contribution in [3.63, 3.8) is 0 Å². The van der Waals surface area contributed by atoms with Crippen molar-refractivity contribution in [2.45, 2.75) is 32.7 Å². The molecule has 0 amide bonds. The molecule has 1 unspecified atom stereocenters. The second-order valence-corrected chi connectivity index (χ2v) is 7.31. The second-order valence-electron chi connectivity index (χ2n) is 7.31. The fraction of sp³-hybridized carbons (Fsp3) is 0.476. The van der Waals surface area contributed by atoms with Crippen LogP contribution in [0.3, 0.4) is 0 Å². The molecule has 144 valence electrons. The molecule has 1 fully saturated rings. The molecular formula is C21H29N5O. The molecule has 1 aliphatic heterocycles. The van der Waals surface area contributed by atoms with Crippen molar-refractivity contribution < 1.29 is 4.74 Å². The van der Waals surface area contributed by atoms with Crippen molar-refractivity contribution in [2.24, 2.45) is 5.92 Å². The van der Waals surface area contributed by atoms with Crippen LogP contribution in [0.1, 0.15) is 32.4 Å². The molecule has 1 aliphatic rings. The summed E-state index contributed by atoms with van der Waals surface area (Å²) in [4.78, 5) is 15.8. The van der Waals surface area contributed by atoms with Gasteiger partial charge in [-0.2, -0.15) is 0 Å². The smallest absolute Gasteiger partial charge is 0.242 e. The van der Waals surface area contributed by atoms with Crippen LogP contribution in [-0.4, -0.2) is 52.6 Å². The van der Waals surface area contributed by atoms with E-state index < -0.39 is 0 Å². The number of fused-ring (bicyclic) bond motifs is 1. The molecule has 1 atom stereocenters. The SMILES string of the molecule is C=CC(=CN(C)C(C)C)c1cc2nccnc2c(OCC2CCCNC2)n1. The van der Waals surface area contributed by atoms with Gasteiger partial charge in [0.25, 0.3) is 0 Å². The highest BCUT2D eigenvalue weighted by Crippen LogP contribution is 2.26. The van der Waals surface area contributed by atoms with Crippen LogP contribution < -0.4 is 10.1 Å². The molecule has 0 saturated carbocycles. The zero-order chi connectivity index (χ0) is 19.2. The first-order valence-electron chi connectivity index (χ1n) is 9.60. The summed E-state index contributed by atoms with van der Waals surface area (Å²) in [5.41, 5.74) is 3.20. The minimum absolute atomic E-state index is 0.384. The fourth-order valence-corrected chi connectivity index (χ4v) is 3.05. The van der Waals surface area contributed by atoms with E-state index in [1.54, 1.807) is 12.4 Å². The lowest BCUT2D eigenvalue weighted by Crippen LogP contribution is -2.33. The molecular weight excluding hydrogens is 338 g/mol. The number of rotatable bonds is 7. The molecule has 1 N–H and O–H groups in total. The number of hydrogen-bond donors (Lipinski definition) is 1. The molecule has 0 aromatic carbocycles. The second kappa shape index (κ2) is 8.95. The van der Waals surface area contributed by atoms with Crippen molar-refractivity contribution in [1.82, 2.24) is 25.2 Å². The molecule has 6 heteroatoms. The highest BCUT2D eigenvalue weighted by Gasteiger charge is 2.17. The minimum atomic E-state index is 0.384. The number of nitrogens with one attached hydrogen (secondary N) is 1. The Morgan fingerprint density at radius 3 is 2.93 bits per heavy atom. The van der Waals surface area contributed by atoms with Gasteiger partial charge < -0.3 is 15.0 Å². The van der Waals surface area contributed by atoms with E-state index in [1.807, 2.05) is 19.2 Å². The number of allylic oxidation sites excluding steroid dienone is 2. The summed E-state index contributed by atoms with van der Waals surface area (Å²) in [6, 6.07) is 2.33. The lowest BCUT2D eigenvalue weighted by atomic mass is 10.0. The predicted octanol–water partition coefficient (Wildman–Crippen LogP) is 3.27. The van der Waals surface area contributed by atoms with E-state index in [9.17, 15) is 0 Å². The van der Waals surface area contributed by atoms with Crippen LogP contribution in [0.5, 0.6) is 5.88 Å². The molecule has 0 spiro atoms. The average molecular weight is 367 g/mol. The Morgan fingerprint density at radius 2 is 2.22 bits per heavy atom. The molecule has 3 rings (SSSR count). The van der Waals surface area contributed by atoms with Crippen LogP contribution in [0.4, 0.5) is 0 Å². The topological polar surface area (TPSA) is 63.2 Å². The quantitative estimate of drug-likeness (QED) is 0.758. The summed E-state index contributed by atoms with van der Waals surface area (Å²) in [7, 11) is 2.04. The lowest BCUT2D eigenvalue weighted by Gasteiger charge is -2.23. The monoisotopic (exact) mass is 367 g/mol. The van der Waals surface area contributed by atoms with E-state index in [4.69, 9.17) is 9.72 Å². The van der Waals surface area contributed by atoms with E-state index in [2.05, 4.69) is 46.8 Å². The largest absolute Gasteiger partial charge is 0.476 e. The molecule has 0 aliphatic carbocycles. The van der Waals surface area contributed by atoms with Crippen LogP contribution in [0.2, 0.25) is 0 Å². The highest BCUT2D eigenvalue weighted by molar-refractivity contribution is 5.84. The number of hydrogen-bond acceptors (Lipinski definition) is 6. The zero-order valence-electron chi connectivity index (χ0n) is 16.5. The number of nitrogens with zero attached hydrogens (tertiary/aromatic N) is 4. The fourth-order valence-electron chi connectivity index (χ4n) is 3.05.